The van der Waals surface area contributed by atoms with Crippen molar-refractivity contribution >= 4 is 23.1 Å². The summed E-state index contributed by atoms with van der Waals surface area (Å²) in [6.07, 6.45) is 0. The first-order valence-electron chi connectivity index (χ1n) is 6.20. The van der Waals surface area contributed by atoms with Gasteiger partial charge in [-0.2, -0.15) is 0 Å². The third kappa shape index (κ3) is 2.11. The van der Waals surface area contributed by atoms with Gasteiger partial charge in [0, 0.05) is 0 Å². The normalized spacial score (nSPS) is 10.8. The molecule has 0 atom stereocenters. The number of carbonyl (C=O) groups is 1. The van der Waals surface area contributed by atoms with E-state index < -0.39 is 11.7 Å². The third-order valence-corrected chi connectivity index (χ3v) is 3.48. The Hall–Kier alpha value is -2.53. The number of fused-ring (bicyclic) bond motifs is 1. The molecule has 0 spiro atoms. The summed E-state index contributed by atoms with van der Waals surface area (Å²) in [5.41, 5.74) is 0.831. The molecule has 0 saturated carbocycles. The monoisotopic (exact) mass is 302 g/mol. The molecule has 5 nitrogen and oxygen atoms in total. The lowest BCUT2D eigenvalue weighted by molar-refractivity contribution is 0.0590. The second kappa shape index (κ2) is 5.10. The van der Waals surface area contributed by atoms with Crippen LogP contribution >= 0.6 is 11.6 Å². The summed E-state index contributed by atoms with van der Waals surface area (Å²) in [5, 5.41) is 0.288. The minimum atomic E-state index is -0.587. The summed E-state index contributed by atoms with van der Waals surface area (Å²) in [5.74, 6) is -0.587. The number of hydrogen-bond acceptors (Lipinski definition) is 3. The number of rotatable bonds is 2. The molecule has 0 radical (unpaired) electrons. The van der Waals surface area contributed by atoms with Crippen molar-refractivity contribution in [2.45, 2.75) is 0 Å². The molecule has 6 heteroatoms. The Morgan fingerprint density at radius 3 is 2.52 bits per heavy atom. The van der Waals surface area contributed by atoms with E-state index in [1.807, 2.05) is 6.07 Å². The lowest BCUT2D eigenvalue weighted by Crippen LogP contribution is -2.30. The summed E-state index contributed by atoms with van der Waals surface area (Å²) in [6, 6.07) is 13.7. The summed E-state index contributed by atoms with van der Waals surface area (Å²) in [4.78, 5) is 24.7. The van der Waals surface area contributed by atoms with Crippen LogP contribution in [0.3, 0.4) is 0 Å². The zero-order chi connectivity index (χ0) is 15.0. The van der Waals surface area contributed by atoms with Crippen molar-refractivity contribution < 1.29 is 9.53 Å². The van der Waals surface area contributed by atoms with Crippen molar-refractivity contribution in [2.24, 2.45) is 0 Å². The van der Waals surface area contributed by atoms with Crippen LogP contribution in [-0.2, 0) is 4.74 Å². The second-order valence-corrected chi connectivity index (χ2v) is 4.78. The molecular weight excluding hydrogens is 292 g/mol. The molecule has 3 aromatic rings. The van der Waals surface area contributed by atoms with E-state index in [1.165, 1.54) is 16.1 Å². The molecule has 0 amide bonds. The number of nitrogens with zero attached hydrogens (tertiary/aromatic N) is 2. The SMILES string of the molecule is COC(=O)c1cc2ccc(Cl)n2c(=O)n1-c1ccccc1. The van der Waals surface area contributed by atoms with Gasteiger partial charge in [-0.3, -0.25) is 8.97 Å². The number of halogens is 1. The van der Waals surface area contributed by atoms with Crippen LogP contribution < -0.4 is 5.69 Å². The van der Waals surface area contributed by atoms with Crippen LogP contribution in [0.2, 0.25) is 5.15 Å². The smallest absolute Gasteiger partial charge is 0.355 e. The summed E-state index contributed by atoms with van der Waals surface area (Å²) in [7, 11) is 1.28. The molecule has 3 rings (SSSR count). The van der Waals surface area contributed by atoms with Gasteiger partial charge in [0.15, 0.2) is 0 Å². The van der Waals surface area contributed by atoms with Crippen molar-refractivity contribution in [1.82, 2.24) is 8.97 Å². The zero-order valence-corrected chi connectivity index (χ0v) is 11.9. The molecule has 0 fully saturated rings. The average molecular weight is 303 g/mol. The minimum absolute atomic E-state index is 0.149. The number of benzene rings is 1. The van der Waals surface area contributed by atoms with E-state index in [0.717, 1.165) is 0 Å². The largest absolute Gasteiger partial charge is 0.464 e. The zero-order valence-electron chi connectivity index (χ0n) is 11.1. The first-order valence-corrected chi connectivity index (χ1v) is 6.58. The van der Waals surface area contributed by atoms with Gasteiger partial charge in [0.25, 0.3) is 0 Å². The molecule has 21 heavy (non-hydrogen) atoms. The maximum absolute atomic E-state index is 12.7. The Labute approximate surface area is 125 Å². The van der Waals surface area contributed by atoms with Crippen molar-refractivity contribution in [2.75, 3.05) is 7.11 Å². The number of para-hydroxylation sites is 1. The summed E-state index contributed by atoms with van der Waals surface area (Å²) < 4.78 is 7.39. The lowest BCUT2D eigenvalue weighted by Gasteiger charge is -2.12. The van der Waals surface area contributed by atoms with E-state index in [-0.39, 0.29) is 10.8 Å². The van der Waals surface area contributed by atoms with Crippen LogP contribution in [0.4, 0.5) is 0 Å². The standard InChI is InChI=1S/C15H11ClN2O3/c1-21-14(19)12-9-11-7-8-13(16)18(11)15(20)17(12)10-5-3-2-4-6-10/h2-9H,1H3. The number of esters is 1. The Bertz CT molecular complexity index is 881. The second-order valence-electron chi connectivity index (χ2n) is 4.39. The summed E-state index contributed by atoms with van der Waals surface area (Å²) in [6.45, 7) is 0. The fourth-order valence-corrected chi connectivity index (χ4v) is 2.46. The number of aromatic nitrogens is 2. The molecule has 0 aliphatic carbocycles. The first kappa shape index (κ1) is 13.5. The molecule has 0 saturated heterocycles. The fraction of sp³-hybridized carbons (Fsp3) is 0.0667. The van der Waals surface area contributed by atoms with Crippen molar-refractivity contribution in [3.63, 3.8) is 0 Å². The Kier molecular flexibility index (Phi) is 3.27. The van der Waals surface area contributed by atoms with Gasteiger partial charge >= 0.3 is 11.7 Å². The van der Waals surface area contributed by atoms with Gasteiger partial charge in [-0.1, -0.05) is 29.8 Å². The summed E-state index contributed by atoms with van der Waals surface area (Å²) >= 11 is 6.04. The predicted molar refractivity (Wildman–Crippen MR) is 79.3 cm³/mol. The number of methoxy groups -OCH3 is 1. The Balaban J connectivity index is 2.44. The molecule has 0 aliphatic rings. The van der Waals surface area contributed by atoms with Crippen molar-refractivity contribution in [3.05, 3.63) is 69.9 Å². The molecule has 2 heterocycles. The van der Waals surface area contributed by atoms with Crippen LogP contribution in [0.1, 0.15) is 10.5 Å². The predicted octanol–water partition coefficient (Wildman–Crippen LogP) is 2.53. The molecule has 0 unspecified atom stereocenters. The van der Waals surface area contributed by atoms with Crippen LogP contribution in [0.5, 0.6) is 0 Å². The first-order chi connectivity index (χ1) is 10.1. The van der Waals surface area contributed by atoms with E-state index >= 15 is 0 Å². The maximum atomic E-state index is 12.7. The van der Waals surface area contributed by atoms with Crippen LogP contribution in [-0.4, -0.2) is 22.0 Å². The van der Waals surface area contributed by atoms with Gasteiger partial charge in [0.05, 0.1) is 18.3 Å². The number of hydrogen-bond donors (Lipinski definition) is 0. The van der Waals surface area contributed by atoms with Gasteiger partial charge in [-0.15, -0.1) is 0 Å². The third-order valence-electron chi connectivity index (χ3n) is 3.18. The quantitative estimate of drug-likeness (QED) is 0.684. The highest BCUT2D eigenvalue weighted by atomic mass is 35.5. The lowest BCUT2D eigenvalue weighted by atomic mass is 10.2. The van der Waals surface area contributed by atoms with Crippen molar-refractivity contribution in [3.8, 4) is 5.69 Å². The van der Waals surface area contributed by atoms with Crippen LogP contribution in [0.25, 0.3) is 11.2 Å². The minimum Gasteiger partial charge on any atom is -0.464 e. The number of ether oxygens (including phenoxy) is 1. The van der Waals surface area contributed by atoms with Gasteiger partial charge < -0.3 is 4.74 Å². The maximum Gasteiger partial charge on any atom is 0.355 e. The van der Waals surface area contributed by atoms with E-state index in [1.54, 1.807) is 42.5 Å². The fourth-order valence-electron chi connectivity index (χ4n) is 2.23. The molecule has 1 aromatic carbocycles. The topological polar surface area (TPSA) is 52.7 Å². The molecular formula is C15H11ClN2O3. The Morgan fingerprint density at radius 1 is 1.14 bits per heavy atom. The molecule has 0 aliphatic heterocycles. The van der Waals surface area contributed by atoms with E-state index in [2.05, 4.69) is 0 Å². The number of carbonyl (C=O) groups excluding carboxylic acids is 1. The van der Waals surface area contributed by atoms with Crippen LogP contribution in [0.15, 0.2) is 53.3 Å². The molecule has 2 aromatic heterocycles. The van der Waals surface area contributed by atoms with E-state index in [0.29, 0.717) is 11.2 Å². The van der Waals surface area contributed by atoms with Gasteiger partial charge in [-0.05, 0) is 30.3 Å². The highest BCUT2D eigenvalue weighted by Crippen LogP contribution is 2.17. The average Bonchev–Trinajstić information content (AvgIpc) is 2.88. The molecule has 106 valence electrons. The van der Waals surface area contributed by atoms with E-state index in [9.17, 15) is 9.59 Å². The highest BCUT2D eigenvalue weighted by molar-refractivity contribution is 6.30. The molecule has 0 bridgehead atoms. The van der Waals surface area contributed by atoms with Gasteiger partial charge in [0.1, 0.15) is 10.8 Å². The van der Waals surface area contributed by atoms with Crippen LogP contribution in [0, 0.1) is 0 Å². The van der Waals surface area contributed by atoms with Gasteiger partial charge in [-0.25, -0.2) is 9.59 Å². The Morgan fingerprint density at radius 2 is 1.86 bits per heavy atom. The molecule has 0 N–H and O–H groups in total. The van der Waals surface area contributed by atoms with Crippen molar-refractivity contribution in [1.29, 1.82) is 0 Å². The van der Waals surface area contributed by atoms with E-state index in [4.69, 9.17) is 16.3 Å². The highest BCUT2D eigenvalue weighted by Gasteiger charge is 2.18. The van der Waals surface area contributed by atoms with Gasteiger partial charge in [0.2, 0.25) is 0 Å².